The van der Waals surface area contributed by atoms with Gasteiger partial charge in [0.05, 0.1) is 4.91 Å². The summed E-state index contributed by atoms with van der Waals surface area (Å²) in [5.74, 6) is -0.139. The van der Waals surface area contributed by atoms with Gasteiger partial charge in [0.15, 0.2) is 0 Å². The summed E-state index contributed by atoms with van der Waals surface area (Å²) < 4.78 is 25.4. The average molecular weight is 264 g/mol. The SMILES string of the molecule is C=C/C(=C\C=C(C)C)S(=O)(=O)N1C=CC(=C)C1=N. The Labute approximate surface area is 108 Å². The van der Waals surface area contributed by atoms with E-state index in [1.807, 2.05) is 13.8 Å². The van der Waals surface area contributed by atoms with Gasteiger partial charge in [0.25, 0.3) is 10.0 Å². The zero-order valence-electron chi connectivity index (χ0n) is 10.5. The van der Waals surface area contributed by atoms with Crippen LogP contribution in [0, 0.1) is 5.41 Å². The predicted molar refractivity (Wildman–Crippen MR) is 74.5 cm³/mol. The number of allylic oxidation sites excluding steroid dienone is 4. The van der Waals surface area contributed by atoms with Crippen molar-refractivity contribution in [3.63, 3.8) is 0 Å². The van der Waals surface area contributed by atoms with Gasteiger partial charge in [-0.2, -0.15) is 0 Å². The molecule has 0 aromatic heterocycles. The maximum Gasteiger partial charge on any atom is 0.269 e. The monoisotopic (exact) mass is 264 g/mol. The topological polar surface area (TPSA) is 61.2 Å². The fourth-order valence-corrected chi connectivity index (χ4v) is 2.53. The quantitative estimate of drug-likeness (QED) is 0.794. The molecule has 1 N–H and O–H groups in total. The third-order valence-corrected chi connectivity index (χ3v) is 4.00. The number of amidine groups is 1. The highest BCUT2D eigenvalue weighted by molar-refractivity contribution is 7.93. The van der Waals surface area contributed by atoms with E-state index in [1.54, 1.807) is 6.08 Å². The van der Waals surface area contributed by atoms with Crippen molar-refractivity contribution in [1.82, 2.24) is 4.31 Å². The maximum atomic E-state index is 12.3. The van der Waals surface area contributed by atoms with Crippen molar-refractivity contribution in [2.45, 2.75) is 13.8 Å². The van der Waals surface area contributed by atoms with Crippen molar-refractivity contribution in [3.8, 4) is 0 Å². The van der Waals surface area contributed by atoms with Crippen molar-refractivity contribution in [3.05, 3.63) is 59.7 Å². The van der Waals surface area contributed by atoms with Crippen LogP contribution >= 0.6 is 0 Å². The van der Waals surface area contributed by atoms with Gasteiger partial charge < -0.3 is 0 Å². The summed E-state index contributed by atoms with van der Waals surface area (Å²) in [6.45, 7) is 10.8. The summed E-state index contributed by atoms with van der Waals surface area (Å²) in [5, 5.41) is 7.66. The van der Waals surface area contributed by atoms with Gasteiger partial charge in [-0.05, 0) is 32.1 Å². The Morgan fingerprint density at radius 1 is 1.39 bits per heavy atom. The van der Waals surface area contributed by atoms with E-state index in [-0.39, 0.29) is 10.7 Å². The van der Waals surface area contributed by atoms with Crippen LogP contribution in [-0.2, 0) is 10.0 Å². The Morgan fingerprint density at radius 3 is 2.39 bits per heavy atom. The molecule has 0 saturated carbocycles. The van der Waals surface area contributed by atoms with Crippen molar-refractivity contribution < 1.29 is 8.42 Å². The number of hydrogen-bond donors (Lipinski definition) is 1. The van der Waals surface area contributed by atoms with Crippen molar-refractivity contribution in [2.75, 3.05) is 0 Å². The molecule has 0 radical (unpaired) electrons. The number of nitrogens with one attached hydrogen (secondary N) is 1. The molecular weight excluding hydrogens is 248 g/mol. The van der Waals surface area contributed by atoms with Crippen LogP contribution in [0.2, 0.25) is 0 Å². The Kier molecular flexibility index (Phi) is 4.08. The predicted octanol–water partition coefficient (Wildman–Crippen LogP) is 2.72. The van der Waals surface area contributed by atoms with Crippen LogP contribution in [0.3, 0.4) is 0 Å². The lowest BCUT2D eigenvalue weighted by molar-refractivity contribution is 0.572. The number of sulfonamides is 1. The van der Waals surface area contributed by atoms with Crippen molar-refractivity contribution in [1.29, 1.82) is 5.41 Å². The fourth-order valence-electron chi connectivity index (χ4n) is 1.27. The van der Waals surface area contributed by atoms with Crippen molar-refractivity contribution >= 4 is 15.9 Å². The van der Waals surface area contributed by atoms with Gasteiger partial charge in [-0.3, -0.25) is 5.41 Å². The smallest absolute Gasteiger partial charge is 0.269 e. The molecule has 0 bridgehead atoms. The summed E-state index contributed by atoms with van der Waals surface area (Å²) in [4.78, 5) is 0.0489. The van der Waals surface area contributed by atoms with E-state index in [0.717, 1.165) is 9.88 Å². The van der Waals surface area contributed by atoms with Crippen molar-refractivity contribution in [2.24, 2.45) is 0 Å². The number of nitrogens with zero attached hydrogens (tertiary/aromatic N) is 1. The average Bonchev–Trinajstić information content (AvgIpc) is 2.60. The summed E-state index contributed by atoms with van der Waals surface area (Å²) in [7, 11) is -3.77. The van der Waals surface area contributed by atoms with E-state index in [2.05, 4.69) is 13.2 Å². The van der Waals surface area contributed by atoms with Gasteiger partial charge >= 0.3 is 0 Å². The van der Waals surface area contributed by atoms with E-state index in [0.29, 0.717) is 5.57 Å². The molecule has 96 valence electrons. The second kappa shape index (κ2) is 5.18. The van der Waals surface area contributed by atoms with Gasteiger partial charge in [-0.15, -0.1) is 0 Å². The first-order valence-electron chi connectivity index (χ1n) is 5.29. The zero-order chi connectivity index (χ0) is 13.9. The molecule has 1 heterocycles. The Balaban J connectivity index is 3.21. The molecule has 5 heteroatoms. The minimum Gasteiger partial charge on any atom is -0.283 e. The van der Waals surface area contributed by atoms with Gasteiger partial charge in [0.2, 0.25) is 0 Å². The van der Waals surface area contributed by atoms with Gasteiger partial charge in [0.1, 0.15) is 5.84 Å². The number of rotatable bonds is 4. The first kappa shape index (κ1) is 14.2. The second-order valence-corrected chi connectivity index (χ2v) is 5.82. The lowest BCUT2D eigenvalue weighted by atomic mass is 10.3. The van der Waals surface area contributed by atoms with Crippen LogP contribution in [0.25, 0.3) is 0 Å². The van der Waals surface area contributed by atoms with E-state index in [9.17, 15) is 8.42 Å². The Morgan fingerprint density at radius 2 is 2.00 bits per heavy atom. The fraction of sp³-hybridized carbons (Fsp3) is 0.154. The number of hydrogen-bond acceptors (Lipinski definition) is 3. The van der Waals surface area contributed by atoms with E-state index < -0.39 is 10.0 Å². The molecule has 0 spiro atoms. The van der Waals surface area contributed by atoms with Crippen LogP contribution < -0.4 is 0 Å². The summed E-state index contributed by atoms with van der Waals surface area (Å²) in [6, 6.07) is 0. The highest BCUT2D eigenvalue weighted by Gasteiger charge is 2.29. The minimum atomic E-state index is -3.77. The normalized spacial score (nSPS) is 16.1. The maximum absolute atomic E-state index is 12.3. The molecule has 4 nitrogen and oxygen atoms in total. The molecule has 0 unspecified atom stereocenters. The van der Waals surface area contributed by atoms with E-state index in [1.165, 1.54) is 24.4 Å². The molecule has 0 aromatic rings. The van der Waals surface area contributed by atoms with Crippen LogP contribution in [0.4, 0.5) is 0 Å². The summed E-state index contributed by atoms with van der Waals surface area (Å²) >= 11 is 0. The van der Waals surface area contributed by atoms with Crippen LogP contribution in [0.5, 0.6) is 0 Å². The molecular formula is C13H16N2O2S. The lowest BCUT2D eigenvalue weighted by Crippen LogP contribution is -2.29. The molecule has 0 saturated heterocycles. The third kappa shape index (κ3) is 2.68. The first-order chi connectivity index (χ1) is 8.30. The second-order valence-electron chi connectivity index (χ2n) is 4.01. The summed E-state index contributed by atoms with van der Waals surface area (Å²) in [5.41, 5.74) is 1.34. The Bertz CT molecular complexity index is 588. The standard InChI is InChI=1S/C13H16N2O2S/c1-5-12(7-6-10(2)3)18(16,17)15-9-8-11(4)13(15)14/h5-9,14H,1,4H2,2-3H3/b12-7+,14-13?. The molecule has 0 fully saturated rings. The highest BCUT2D eigenvalue weighted by Crippen LogP contribution is 2.22. The largest absolute Gasteiger partial charge is 0.283 e. The molecule has 0 aromatic carbocycles. The van der Waals surface area contributed by atoms with Gasteiger partial charge in [0, 0.05) is 11.8 Å². The first-order valence-corrected chi connectivity index (χ1v) is 6.73. The molecule has 1 aliphatic heterocycles. The molecule has 0 amide bonds. The van der Waals surface area contributed by atoms with Crippen LogP contribution in [0.1, 0.15) is 13.8 Å². The minimum absolute atomic E-state index is 0.0489. The highest BCUT2D eigenvalue weighted by atomic mass is 32.2. The van der Waals surface area contributed by atoms with Gasteiger partial charge in [-0.1, -0.05) is 24.8 Å². The molecule has 1 rings (SSSR count). The van der Waals surface area contributed by atoms with Crippen LogP contribution in [-0.4, -0.2) is 18.6 Å². The Hall–Kier alpha value is -1.88. The lowest BCUT2D eigenvalue weighted by Gasteiger charge is -2.16. The molecule has 1 aliphatic rings. The van der Waals surface area contributed by atoms with Gasteiger partial charge in [-0.25, -0.2) is 12.7 Å². The molecule has 0 aliphatic carbocycles. The summed E-state index contributed by atoms with van der Waals surface area (Å²) in [6.07, 6.45) is 7.23. The third-order valence-electron chi connectivity index (χ3n) is 2.27. The molecule has 18 heavy (non-hydrogen) atoms. The molecule has 0 atom stereocenters. The van der Waals surface area contributed by atoms with E-state index in [4.69, 9.17) is 5.41 Å². The zero-order valence-corrected chi connectivity index (χ0v) is 11.3. The van der Waals surface area contributed by atoms with E-state index >= 15 is 0 Å². The van der Waals surface area contributed by atoms with Crippen LogP contribution in [0.15, 0.2) is 59.7 Å².